The molecule has 1 heterocycles. The Morgan fingerprint density at radius 2 is 1.67 bits per heavy atom. The summed E-state index contributed by atoms with van der Waals surface area (Å²) in [6.45, 7) is 0. The normalized spacial score (nSPS) is 18.9. The molecule has 1 aliphatic heterocycles. The Morgan fingerprint density at radius 3 is 2.33 bits per heavy atom. The van der Waals surface area contributed by atoms with Gasteiger partial charge in [-0.05, 0) is 29.8 Å². The number of halogens is 1. The highest BCUT2D eigenvalue weighted by atomic mass is 35.5. The van der Waals surface area contributed by atoms with Crippen LogP contribution in [0.25, 0.3) is 0 Å². The zero-order chi connectivity index (χ0) is 14.8. The van der Waals surface area contributed by atoms with Gasteiger partial charge in [-0.15, -0.1) is 11.8 Å². The molecule has 1 fully saturated rings. The third-order valence-electron chi connectivity index (χ3n) is 3.25. The van der Waals surface area contributed by atoms with Crippen molar-refractivity contribution in [1.82, 2.24) is 0 Å². The molecule has 0 saturated carbocycles. The van der Waals surface area contributed by atoms with Crippen molar-refractivity contribution in [3.8, 4) is 0 Å². The molecule has 0 aliphatic carbocycles. The number of thioether (sulfide) groups is 1. The summed E-state index contributed by atoms with van der Waals surface area (Å²) in [7, 11) is 0. The molecular weight excluding hydrogens is 306 g/mol. The van der Waals surface area contributed by atoms with E-state index in [0.717, 1.165) is 5.56 Å². The lowest BCUT2D eigenvalue weighted by atomic mass is 10.1. The molecule has 0 spiro atoms. The molecule has 0 radical (unpaired) electrons. The maximum atomic E-state index is 12.7. The topological polar surface area (TPSA) is 37.4 Å². The molecule has 2 amide bonds. The smallest absolute Gasteiger partial charge is 0.251 e. The second-order valence-corrected chi connectivity index (χ2v) is 6.18. The van der Waals surface area contributed by atoms with E-state index in [-0.39, 0.29) is 22.8 Å². The van der Waals surface area contributed by atoms with Crippen molar-refractivity contribution in [2.45, 2.75) is 5.25 Å². The van der Waals surface area contributed by atoms with E-state index in [1.54, 1.807) is 24.3 Å². The Kier molecular flexibility index (Phi) is 3.99. The summed E-state index contributed by atoms with van der Waals surface area (Å²) in [5.41, 5.74) is 1.48. The Morgan fingerprint density at radius 1 is 1.00 bits per heavy atom. The lowest BCUT2D eigenvalue weighted by Crippen LogP contribution is -2.44. The van der Waals surface area contributed by atoms with Gasteiger partial charge in [0.2, 0.25) is 5.91 Å². The van der Waals surface area contributed by atoms with Crippen molar-refractivity contribution in [2.24, 2.45) is 0 Å². The van der Waals surface area contributed by atoms with E-state index in [4.69, 9.17) is 11.6 Å². The quantitative estimate of drug-likeness (QED) is 0.793. The van der Waals surface area contributed by atoms with E-state index < -0.39 is 0 Å². The number of imide groups is 1. The van der Waals surface area contributed by atoms with Crippen LogP contribution in [-0.2, 0) is 9.59 Å². The second kappa shape index (κ2) is 5.92. The van der Waals surface area contributed by atoms with Gasteiger partial charge >= 0.3 is 0 Å². The van der Waals surface area contributed by atoms with Gasteiger partial charge in [-0.25, -0.2) is 4.90 Å². The van der Waals surface area contributed by atoms with E-state index in [2.05, 4.69) is 0 Å². The molecule has 0 aromatic heterocycles. The maximum absolute atomic E-state index is 12.7. The number of anilines is 1. The largest absolute Gasteiger partial charge is 0.273 e. The molecular formula is C16H12ClNO2S. The van der Waals surface area contributed by atoms with E-state index in [0.29, 0.717) is 10.7 Å². The predicted molar refractivity (Wildman–Crippen MR) is 85.6 cm³/mol. The summed E-state index contributed by atoms with van der Waals surface area (Å²) < 4.78 is 0. The lowest BCUT2D eigenvalue weighted by molar-refractivity contribution is -0.125. The van der Waals surface area contributed by atoms with E-state index >= 15 is 0 Å². The molecule has 1 aliphatic rings. The molecule has 0 bridgehead atoms. The number of carbonyl (C=O) groups excluding carboxylic acids is 2. The van der Waals surface area contributed by atoms with Crippen LogP contribution < -0.4 is 4.90 Å². The number of amides is 2. The fourth-order valence-corrected chi connectivity index (χ4v) is 3.42. The van der Waals surface area contributed by atoms with Gasteiger partial charge in [-0.3, -0.25) is 9.59 Å². The first-order valence-electron chi connectivity index (χ1n) is 6.46. The summed E-state index contributed by atoms with van der Waals surface area (Å²) in [6, 6.07) is 16.2. The number of hydrogen-bond acceptors (Lipinski definition) is 3. The van der Waals surface area contributed by atoms with E-state index in [9.17, 15) is 9.59 Å². The fraction of sp³-hybridized carbons (Fsp3) is 0.125. The van der Waals surface area contributed by atoms with Crippen LogP contribution in [0.1, 0.15) is 10.8 Å². The van der Waals surface area contributed by atoms with Gasteiger partial charge in [0, 0.05) is 5.02 Å². The minimum atomic E-state index is -0.348. The van der Waals surface area contributed by atoms with Gasteiger partial charge in [0.25, 0.3) is 5.91 Å². The second-order valence-electron chi connectivity index (χ2n) is 4.65. The SMILES string of the molecule is O=C1CS[C@H](c2ccccc2)C(=O)N1c1ccc(Cl)cc1. The summed E-state index contributed by atoms with van der Waals surface area (Å²) in [5.74, 6) is -0.113. The van der Waals surface area contributed by atoms with Crippen molar-refractivity contribution in [3.05, 3.63) is 65.2 Å². The van der Waals surface area contributed by atoms with Gasteiger partial charge < -0.3 is 0 Å². The zero-order valence-corrected chi connectivity index (χ0v) is 12.6. The number of benzene rings is 2. The van der Waals surface area contributed by atoms with Crippen LogP contribution in [0, 0.1) is 0 Å². The van der Waals surface area contributed by atoms with Gasteiger partial charge in [0.15, 0.2) is 0 Å². The minimum absolute atomic E-state index is 0.195. The van der Waals surface area contributed by atoms with Crippen LogP contribution in [-0.4, -0.2) is 17.6 Å². The monoisotopic (exact) mass is 317 g/mol. The summed E-state index contributed by atoms with van der Waals surface area (Å²) in [4.78, 5) is 26.0. The minimum Gasteiger partial charge on any atom is -0.273 e. The highest BCUT2D eigenvalue weighted by molar-refractivity contribution is 8.01. The highest BCUT2D eigenvalue weighted by Gasteiger charge is 2.36. The van der Waals surface area contributed by atoms with Crippen LogP contribution in [0.2, 0.25) is 5.02 Å². The Bertz CT molecular complexity index is 672. The van der Waals surface area contributed by atoms with E-state index in [1.807, 2.05) is 30.3 Å². The van der Waals surface area contributed by atoms with E-state index in [1.165, 1.54) is 16.7 Å². The van der Waals surface area contributed by atoms with Gasteiger partial charge in [-0.2, -0.15) is 0 Å². The zero-order valence-electron chi connectivity index (χ0n) is 11.0. The van der Waals surface area contributed by atoms with Crippen molar-refractivity contribution in [3.63, 3.8) is 0 Å². The van der Waals surface area contributed by atoms with Crippen LogP contribution in [0.5, 0.6) is 0 Å². The first-order valence-corrected chi connectivity index (χ1v) is 7.88. The van der Waals surface area contributed by atoms with Crippen molar-refractivity contribution < 1.29 is 9.59 Å². The molecule has 3 rings (SSSR count). The van der Waals surface area contributed by atoms with Crippen molar-refractivity contribution in [2.75, 3.05) is 10.7 Å². The standard InChI is InChI=1S/C16H12ClNO2S/c17-12-6-8-13(9-7-12)18-14(19)10-21-15(16(18)20)11-4-2-1-3-5-11/h1-9,15H,10H2/t15-/m1/s1. The first kappa shape index (κ1) is 14.2. The fourth-order valence-electron chi connectivity index (χ4n) is 2.26. The molecule has 2 aromatic carbocycles. The number of rotatable bonds is 2. The van der Waals surface area contributed by atoms with Gasteiger partial charge in [0.1, 0.15) is 5.25 Å². The Hall–Kier alpha value is -1.78. The van der Waals surface area contributed by atoms with Crippen molar-refractivity contribution in [1.29, 1.82) is 0 Å². The lowest BCUT2D eigenvalue weighted by Gasteiger charge is -2.30. The Balaban J connectivity index is 1.94. The van der Waals surface area contributed by atoms with Crippen LogP contribution in [0.15, 0.2) is 54.6 Å². The average Bonchev–Trinajstić information content (AvgIpc) is 2.50. The van der Waals surface area contributed by atoms with Crippen molar-refractivity contribution >= 4 is 40.9 Å². The van der Waals surface area contributed by atoms with Crippen LogP contribution in [0.4, 0.5) is 5.69 Å². The maximum Gasteiger partial charge on any atom is 0.251 e. The molecule has 21 heavy (non-hydrogen) atoms. The number of hydrogen-bond donors (Lipinski definition) is 0. The number of carbonyl (C=O) groups is 2. The molecule has 106 valence electrons. The molecule has 5 heteroatoms. The summed E-state index contributed by atoms with van der Waals surface area (Å²) in [6.07, 6.45) is 0. The molecule has 0 unspecified atom stereocenters. The third kappa shape index (κ3) is 2.82. The molecule has 1 atom stereocenters. The highest BCUT2D eigenvalue weighted by Crippen LogP contribution is 2.36. The van der Waals surface area contributed by atoms with Gasteiger partial charge in [-0.1, -0.05) is 41.9 Å². The van der Waals surface area contributed by atoms with Crippen LogP contribution in [0.3, 0.4) is 0 Å². The third-order valence-corrected chi connectivity index (χ3v) is 4.73. The molecule has 3 nitrogen and oxygen atoms in total. The molecule has 2 aromatic rings. The first-order chi connectivity index (χ1) is 10.2. The average molecular weight is 318 g/mol. The van der Waals surface area contributed by atoms with Gasteiger partial charge in [0.05, 0.1) is 11.4 Å². The predicted octanol–water partition coefficient (Wildman–Crippen LogP) is 3.69. The summed E-state index contributed by atoms with van der Waals surface area (Å²) in [5, 5.41) is 0.226. The molecule has 0 N–H and O–H groups in total. The van der Waals surface area contributed by atoms with Crippen LogP contribution >= 0.6 is 23.4 Å². The molecule has 1 saturated heterocycles. The Labute approximate surface area is 131 Å². The summed E-state index contributed by atoms with van der Waals surface area (Å²) >= 11 is 7.22. The number of nitrogens with zero attached hydrogens (tertiary/aromatic N) is 1.